The molecule has 27 heavy (non-hydrogen) atoms. The van der Waals surface area contributed by atoms with Crippen LogP contribution in [0.25, 0.3) is 0 Å². The lowest BCUT2D eigenvalue weighted by Gasteiger charge is -2.16. The van der Waals surface area contributed by atoms with Crippen LogP contribution in [0.1, 0.15) is 5.56 Å². The lowest BCUT2D eigenvalue weighted by atomic mass is 10.2. The number of nitrogens with one attached hydrogen (secondary N) is 2. The zero-order chi connectivity index (χ0) is 19.4. The van der Waals surface area contributed by atoms with E-state index in [2.05, 4.69) is 20.6 Å². The number of hydrogen-bond acceptors (Lipinski definition) is 7. The van der Waals surface area contributed by atoms with Crippen LogP contribution in [0.3, 0.4) is 0 Å². The van der Waals surface area contributed by atoms with Crippen LogP contribution in [0.4, 0.5) is 28.7 Å². The molecule has 0 radical (unpaired) electrons. The number of hydrogen-bond donors (Lipinski definition) is 3. The van der Waals surface area contributed by atoms with Crippen LogP contribution >= 0.6 is 11.6 Å². The van der Waals surface area contributed by atoms with Crippen LogP contribution in [-0.4, -0.2) is 24.2 Å². The minimum Gasteiger partial charge on any atom is -0.495 e. The Morgan fingerprint density at radius 2 is 1.44 bits per heavy atom. The molecule has 0 aliphatic carbocycles. The molecule has 8 heteroatoms. The molecule has 2 aromatic carbocycles. The highest BCUT2D eigenvalue weighted by Crippen LogP contribution is 2.35. The van der Waals surface area contributed by atoms with E-state index in [-0.39, 0.29) is 0 Å². The van der Waals surface area contributed by atoms with Gasteiger partial charge >= 0.3 is 0 Å². The summed E-state index contributed by atoms with van der Waals surface area (Å²) in [7, 11) is 3.19. The van der Waals surface area contributed by atoms with Gasteiger partial charge in [-0.15, -0.1) is 0 Å². The molecule has 7 nitrogen and oxygen atoms in total. The maximum absolute atomic E-state index is 6.27. The standard InChI is InChI=1S/C19H20ClN5O2/c1-11-4-6-15(26-2)13(8-11)24-18-17(21)19(23-10-22-18)25-14-9-12(20)5-7-16(14)27-3/h4-10H,21H2,1-3H3,(H2,22,23,24,25). The zero-order valence-corrected chi connectivity index (χ0v) is 16.0. The Bertz CT molecular complexity index is 891. The molecule has 0 unspecified atom stereocenters. The second-order valence-electron chi connectivity index (χ2n) is 5.78. The fourth-order valence-corrected chi connectivity index (χ4v) is 2.72. The molecule has 0 spiro atoms. The molecular formula is C19H20ClN5O2. The van der Waals surface area contributed by atoms with Crippen LogP contribution in [0.5, 0.6) is 11.5 Å². The second-order valence-corrected chi connectivity index (χ2v) is 6.22. The highest BCUT2D eigenvalue weighted by Gasteiger charge is 2.13. The summed E-state index contributed by atoms with van der Waals surface area (Å²) in [6.45, 7) is 1.99. The third-order valence-corrected chi connectivity index (χ3v) is 4.14. The van der Waals surface area contributed by atoms with E-state index >= 15 is 0 Å². The van der Waals surface area contributed by atoms with E-state index in [0.717, 1.165) is 11.3 Å². The lowest BCUT2D eigenvalue weighted by Crippen LogP contribution is -2.06. The third-order valence-electron chi connectivity index (χ3n) is 3.91. The van der Waals surface area contributed by atoms with Gasteiger partial charge in [-0.3, -0.25) is 0 Å². The van der Waals surface area contributed by atoms with Gasteiger partial charge in [-0.25, -0.2) is 9.97 Å². The third kappa shape index (κ3) is 4.15. The Morgan fingerprint density at radius 1 is 0.889 bits per heavy atom. The van der Waals surface area contributed by atoms with E-state index in [1.54, 1.807) is 32.4 Å². The van der Waals surface area contributed by atoms with Gasteiger partial charge in [-0.2, -0.15) is 0 Å². The van der Waals surface area contributed by atoms with Crippen LogP contribution in [0.15, 0.2) is 42.7 Å². The van der Waals surface area contributed by atoms with Gasteiger partial charge in [0.25, 0.3) is 0 Å². The first-order valence-electron chi connectivity index (χ1n) is 8.14. The van der Waals surface area contributed by atoms with E-state index in [9.17, 15) is 0 Å². The average molecular weight is 386 g/mol. The molecule has 0 bridgehead atoms. The van der Waals surface area contributed by atoms with Crippen molar-refractivity contribution in [2.45, 2.75) is 6.92 Å². The van der Waals surface area contributed by atoms with Gasteiger partial charge in [-0.05, 0) is 42.8 Å². The lowest BCUT2D eigenvalue weighted by molar-refractivity contribution is 0.416. The zero-order valence-electron chi connectivity index (χ0n) is 15.2. The fourth-order valence-electron chi connectivity index (χ4n) is 2.55. The van der Waals surface area contributed by atoms with Crippen LogP contribution < -0.4 is 25.8 Å². The van der Waals surface area contributed by atoms with E-state index in [1.807, 2.05) is 25.1 Å². The number of aromatic nitrogens is 2. The minimum atomic E-state index is 0.350. The maximum atomic E-state index is 6.27. The smallest absolute Gasteiger partial charge is 0.159 e. The molecule has 0 saturated carbocycles. The van der Waals surface area contributed by atoms with Gasteiger partial charge in [0.1, 0.15) is 23.5 Å². The Kier molecular flexibility index (Phi) is 5.52. The van der Waals surface area contributed by atoms with Crippen LogP contribution in [0, 0.1) is 6.92 Å². The molecule has 0 amide bonds. The highest BCUT2D eigenvalue weighted by molar-refractivity contribution is 6.31. The molecule has 3 rings (SSSR count). The number of methoxy groups -OCH3 is 2. The summed E-state index contributed by atoms with van der Waals surface area (Å²) >= 11 is 6.08. The number of halogens is 1. The van der Waals surface area contributed by atoms with E-state index < -0.39 is 0 Å². The van der Waals surface area contributed by atoms with Crippen molar-refractivity contribution >= 4 is 40.3 Å². The monoisotopic (exact) mass is 385 g/mol. The average Bonchev–Trinajstić information content (AvgIpc) is 2.65. The van der Waals surface area contributed by atoms with Crippen molar-refractivity contribution in [1.29, 1.82) is 0 Å². The maximum Gasteiger partial charge on any atom is 0.159 e. The number of benzene rings is 2. The Morgan fingerprint density at radius 3 is 2.04 bits per heavy atom. The molecule has 1 heterocycles. The van der Waals surface area contributed by atoms with Gasteiger partial charge in [0.2, 0.25) is 0 Å². The molecule has 0 atom stereocenters. The summed E-state index contributed by atoms with van der Waals surface area (Å²) < 4.78 is 10.7. The second kappa shape index (κ2) is 8.01. The topological polar surface area (TPSA) is 94.3 Å². The summed E-state index contributed by atoms with van der Waals surface area (Å²) in [5.74, 6) is 2.19. The summed E-state index contributed by atoms with van der Waals surface area (Å²) in [4.78, 5) is 8.46. The SMILES string of the molecule is COc1ccc(C)cc1Nc1ncnc(Nc2cc(Cl)ccc2OC)c1N. The number of nitrogen functional groups attached to an aromatic ring is 1. The summed E-state index contributed by atoms with van der Waals surface area (Å²) in [6.07, 6.45) is 1.42. The number of nitrogens with two attached hydrogens (primary N) is 1. The van der Waals surface area contributed by atoms with Crippen LogP contribution in [-0.2, 0) is 0 Å². The molecule has 1 aromatic heterocycles. The number of nitrogens with zero attached hydrogens (tertiary/aromatic N) is 2. The normalized spacial score (nSPS) is 10.4. The first-order chi connectivity index (χ1) is 13.0. The number of aryl methyl sites for hydroxylation is 1. The Labute approximate surface area is 162 Å². The van der Waals surface area contributed by atoms with Crippen molar-refractivity contribution in [3.8, 4) is 11.5 Å². The fraction of sp³-hybridized carbons (Fsp3) is 0.158. The molecule has 0 aliphatic heterocycles. The van der Waals surface area contributed by atoms with Crippen molar-refractivity contribution < 1.29 is 9.47 Å². The molecule has 3 aromatic rings. The molecular weight excluding hydrogens is 366 g/mol. The summed E-state index contributed by atoms with van der Waals surface area (Å²) in [5.41, 5.74) is 9.11. The minimum absolute atomic E-state index is 0.350. The molecule has 0 saturated heterocycles. The van der Waals surface area contributed by atoms with E-state index in [1.165, 1.54) is 6.33 Å². The molecule has 4 N–H and O–H groups in total. The van der Waals surface area contributed by atoms with Crippen molar-refractivity contribution in [3.05, 3.63) is 53.3 Å². The van der Waals surface area contributed by atoms with E-state index in [0.29, 0.717) is 39.5 Å². The van der Waals surface area contributed by atoms with Crippen molar-refractivity contribution in [2.75, 3.05) is 30.6 Å². The van der Waals surface area contributed by atoms with Crippen molar-refractivity contribution in [1.82, 2.24) is 9.97 Å². The van der Waals surface area contributed by atoms with Gasteiger partial charge in [0, 0.05) is 5.02 Å². The first kappa shape index (κ1) is 18.6. The van der Waals surface area contributed by atoms with Crippen LogP contribution in [0.2, 0.25) is 5.02 Å². The van der Waals surface area contributed by atoms with Crippen molar-refractivity contribution in [2.24, 2.45) is 0 Å². The molecule has 140 valence electrons. The Balaban J connectivity index is 1.93. The highest BCUT2D eigenvalue weighted by atomic mass is 35.5. The van der Waals surface area contributed by atoms with Gasteiger partial charge in [0.15, 0.2) is 11.6 Å². The summed E-state index contributed by atoms with van der Waals surface area (Å²) in [6, 6.07) is 11.0. The molecule has 0 aliphatic rings. The predicted octanol–water partition coefficient (Wildman–Crippen LogP) is 4.53. The predicted molar refractivity (Wildman–Crippen MR) is 109 cm³/mol. The number of anilines is 5. The quantitative estimate of drug-likeness (QED) is 0.574. The number of rotatable bonds is 6. The Hall–Kier alpha value is -3.19. The summed E-state index contributed by atoms with van der Waals surface area (Å²) in [5, 5.41) is 6.91. The van der Waals surface area contributed by atoms with Gasteiger partial charge < -0.3 is 25.8 Å². The number of ether oxygens (including phenoxy) is 2. The van der Waals surface area contributed by atoms with Crippen molar-refractivity contribution in [3.63, 3.8) is 0 Å². The van der Waals surface area contributed by atoms with Gasteiger partial charge in [0.05, 0.1) is 25.6 Å². The largest absolute Gasteiger partial charge is 0.495 e. The van der Waals surface area contributed by atoms with Gasteiger partial charge in [-0.1, -0.05) is 17.7 Å². The first-order valence-corrected chi connectivity index (χ1v) is 8.52. The van der Waals surface area contributed by atoms with E-state index in [4.69, 9.17) is 26.8 Å². The molecule has 0 fully saturated rings.